The van der Waals surface area contributed by atoms with E-state index in [0.717, 1.165) is 12.1 Å². The molecule has 1 fully saturated rings. The van der Waals surface area contributed by atoms with E-state index in [4.69, 9.17) is 34.8 Å². The van der Waals surface area contributed by atoms with Gasteiger partial charge >= 0.3 is 0 Å². The van der Waals surface area contributed by atoms with E-state index in [9.17, 15) is 14.4 Å². The predicted molar refractivity (Wildman–Crippen MR) is 132 cm³/mol. The highest BCUT2D eigenvalue weighted by atomic mass is 35.5. The van der Waals surface area contributed by atoms with Crippen LogP contribution in [-0.4, -0.2) is 57.2 Å². The van der Waals surface area contributed by atoms with E-state index in [0.29, 0.717) is 29.0 Å². The highest BCUT2D eigenvalue weighted by Crippen LogP contribution is 2.30. The van der Waals surface area contributed by atoms with Crippen molar-refractivity contribution in [3.8, 4) is 0 Å². The van der Waals surface area contributed by atoms with Crippen LogP contribution in [0.15, 0.2) is 42.6 Å². The van der Waals surface area contributed by atoms with Crippen LogP contribution in [-0.2, 0) is 11.3 Å². The van der Waals surface area contributed by atoms with Crippen molar-refractivity contribution in [2.75, 3.05) is 18.9 Å². The average molecular weight is 502 g/mol. The number of carbonyl (C=O) groups excluding carboxylic acids is 3. The summed E-state index contributed by atoms with van der Waals surface area (Å²) in [6.45, 7) is 5.95. The number of piperazine rings is 1. The fourth-order valence-electron chi connectivity index (χ4n) is 4.47. The van der Waals surface area contributed by atoms with Gasteiger partial charge in [-0.2, -0.15) is 0 Å². The summed E-state index contributed by atoms with van der Waals surface area (Å²) < 4.78 is 1.19. The number of benzene rings is 2. The summed E-state index contributed by atoms with van der Waals surface area (Å²) >= 11 is 12.6. The molecule has 3 aromatic rings. The molecule has 0 saturated carbocycles. The Labute approximate surface area is 206 Å². The molecule has 1 saturated heterocycles. The topological polar surface area (TPSA) is 115 Å². The summed E-state index contributed by atoms with van der Waals surface area (Å²) in [6, 6.07) is 10.8. The summed E-state index contributed by atoms with van der Waals surface area (Å²) in [5.41, 5.74) is 6.96. The number of hydrogen-bond acceptors (Lipinski definition) is 5. The lowest BCUT2D eigenvalue weighted by atomic mass is 10.0. The van der Waals surface area contributed by atoms with E-state index >= 15 is 0 Å². The predicted octanol–water partition coefficient (Wildman–Crippen LogP) is 3.06. The first kappa shape index (κ1) is 24.1. The van der Waals surface area contributed by atoms with E-state index in [2.05, 4.69) is 11.8 Å². The van der Waals surface area contributed by atoms with Gasteiger partial charge in [-0.05, 0) is 43.7 Å². The molecule has 4 N–H and O–H groups in total. The van der Waals surface area contributed by atoms with Crippen molar-refractivity contribution in [3.05, 3.63) is 69.3 Å². The van der Waals surface area contributed by atoms with Gasteiger partial charge in [-0.15, -0.1) is 0 Å². The minimum Gasteiger partial charge on any atom is -0.363 e. The summed E-state index contributed by atoms with van der Waals surface area (Å²) in [5.74, 6) is 3.69. The Hall–Kier alpha value is -3.07. The number of primary amides is 1. The second-order valence-corrected chi connectivity index (χ2v) is 9.55. The number of fused-ring (bicyclic) bond motifs is 1. The number of ketones is 1. The zero-order valence-corrected chi connectivity index (χ0v) is 20.3. The molecule has 0 radical (unpaired) electrons. The number of carbonyl (C=O) groups is 3. The maximum Gasteiger partial charge on any atom is 0.289 e. The molecular weight excluding hydrogens is 477 g/mol. The van der Waals surface area contributed by atoms with Crippen molar-refractivity contribution in [2.24, 2.45) is 5.73 Å². The monoisotopic (exact) mass is 501 g/mol. The van der Waals surface area contributed by atoms with E-state index < -0.39 is 11.7 Å². The molecule has 2 heterocycles. The van der Waals surface area contributed by atoms with Crippen LogP contribution in [0.25, 0.3) is 10.9 Å². The molecule has 0 unspecified atom stereocenters. The van der Waals surface area contributed by atoms with E-state index in [1.807, 2.05) is 31.2 Å². The van der Waals surface area contributed by atoms with Crippen molar-refractivity contribution in [2.45, 2.75) is 32.5 Å². The first-order valence-electron chi connectivity index (χ1n) is 10.8. The van der Waals surface area contributed by atoms with Crippen molar-refractivity contribution >= 4 is 51.7 Å². The van der Waals surface area contributed by atoms with Crippen LogP contribution in [0.2, 0.25) is 10.0 Å². The highest BCUT2D eigenvalue weighted by molar-refractivity contribution is 6.44. The minimum atomic E-state index is -1.10. The van der Waals surface area contributed by atoms with Gasteiger partial charge in [0.1, 0.15) is 0 Å². The van der Waals surface area contributed by atoms with Crippen LogP contribution in [0.5, 0.6) is 0 Å². The number of halogens is 2. The number of aromatic nitrogens is 1. The normalized spacial score (nSPS) is 18.9. The van der Waals surface area contributed by atoms with Crippen LogP contribution in [0, 0.1) is 0 Å². The Bertz CT molecular complexity index is 1310. The molecule has 1 aromatic heterocycles. The lowest BCUT2D eigenvalue weighted by molar-refractivity contribution is -0.114. The second-order valence-electron chi connectivity index (χ2n) is 8.71. The van der Waals surface area contributed by atoms with E-state index in [1.54, 1.807) is 4.90 Å². The van der Waals surface area contributed by atoms with Crippen LogP contribution < -0.4 is 11.6 Å². The molecular formula is C24H25Cl2N5O3. The Kier molecular flexibility index (Phi) is 6.58. The smallest absolute Gasteiger partial charge is 0.289 e. The van der Waals surface area contributed by atoms with E-state index in [1.165, 1.54) is 23.0 Å². The zero-order valence-electron chi connectivity index (χ0n) is 18.8. The number of nitrogen functional groups attached to an aromatic ring is 1. The lowest BCUT2D eigenvalue weighted by Crippen LogP contribution is -2.57. The van der Waals surface area contributed by atoms with Crippen LogP contribution in [0.4, 0.5) is 0 Å². The fourth-order valence-corrected chi connectivity index (χ4v) is 4.93. The Morgan fingerprint density at radius 2 is 1.76 bits per heavy atom. The van der Waals surface area contributed by atoms with Crippen LogP contribution in [0.1, 0.15) is 40.1 Å². The molecule has 34 heavy (non-hydrogen) atoms. The number of Topliss-reactive ketones (excluding diaryl/α,β-unsaturated/α-hetero) is 1. The first-order valence-corrected chi connectivity index (χ1v) is 11.6. The fraction of sp³-hybridized carbons (Fsp3) is 0.292. The summed E-state index contributed by atoms with van der Waals surface area (Å²) in [6.07, 6.45) is 1.31. The average Bonchev–Trinajstić information content (AvgIpc) is 3.09. The highest BCUT2D eigenvalue weighted by Gasteiger charge is 2.33. The van der Waals surface area contributed by atoms with Gasteiger partial charge in [0.25, 0.3) is 17.6 Å². The van der Waals surface area contributed by atoms with Gasteiger partial charge < -0.3 is 16.5 Å². The maximum atomic E-state index is 13.5. The largest absolute Gasteiger partial charge is 0.363 e. The number of hydrogen-bond donors (Lipinski definition) is 2. The van der Waals surface area contributed by atoms with Gasteiger partial charge in [-0.3, -0.25) is 24.0 Å². The third-order valence-corrected chi connectivity index (χ3v) is 6.82. The molecule has 1 aliphatic rings. The molecule has 2 atom stereocenters. The van der Waals surface area contributed by atoms with Crippen molar-refractivity contribution in [1.29, 1.82) is 0 Å². The molecule has 10 heteroatoms. The number of nitrogens with two attached hydrogens (primary N) is 2. The van der Waals surface area contributed by atoms with Gasteiger partial charge in [0.15, 0.2) is 0 Å². The molecule has 8 nitrogen and oxygen atoms in total. The van der Waals surface area contributed by atoms with Gasteiger partial charge in [0.05, 0.1) is 21.7 Å². The van der Waals surface area contributed by atoms with Gasteiger partial charge in [0.2, 0.25) is 0 Å². The van der Waals surface area contributed by atoms with Gasteiger partial charge in [0, 0.05) is 48.3 Å². The Balaban J connectivity index is 1.60. The molecule has 0 bridgehead atoms. The van der Waals surface area contributed by atoms with Crippen LogP contribution >= 0.6 is 23.2 Å². The Morgan fingerprint density at radius 1 is 1.03 bits per heavy atom. The molecule has 4 rings (SSSR count). The van der Waals surface area contributed by atoms with Crippen LogP contribution in [0.3, 0.4) is 0 Å². The number of nitrogens with zero attached hydrogens (tertiary/aromatic N) is 3. The molecule has 2 amide bonds. The lowest BCUT2D eigenvalue weighted by Gasteiger charge is -2.44. The number of amides is 2. The molecule has 1 aliphatic heterocycles. The molecule has 2 aromatic carbocycles. The zero-order chi connectivity index (χ0) is 24.7. The Morgan fingerprint density at radius 3 is 2.44 bits per heavy atom. The van der Waals surface area contributed by atoms with E-state index in [-0.39, 0.29) is 34.1 Å². The molecule has 0 spiro atoms. The third-order valence-electron chi connectivity index (χ3n) is 6.27. The van der Waals surface area contributed by atoms with Crippen molar-refractivity contribution in [3.63, 3.8) is 0 Å². The maximum absolute atomic E-state index is 13.5. The second kappa shape index (κ2) is 9.29. The van der Waals surface area contributed by atoms with Gasteiger partial charge in [-0.25, -0.2) is 0 Å². The minimum absolute atomic E-state index is 0.0310. The van der Waals surface area contributed by atoms with Gasteiger partial charge in [-0.1, -0.05) is 35.3 Å². The quantitative estimate of drug-likeness (QED) is 0.316. The summed E-state index contributed by atoms with van der Waals surface area (Å²) in [5, 5.41) is 1.25. The van der Waals surface area contributed by atoms with Crippen molar-refractivity contribution < 1.29 is 14.4 Å². The summed E-state index contributed by atoms with van der Waals surface area (Å²) in [4.78, 5) is 41.3. The molecule has 178 valence electrons. The SMILES string of the molecule is C[C@@H]1CN(Cc2cccc(Cl)c2)[C@@H](C)CN1C(=O)c1cc2c(C(=O)C(N)=O)cn(N)c2cc1Cl. The molecule has 0 aliphatic carbocycles. The number of rotatable bonds is 5. The standard InChI is InChI=1S/C24H25Cl2N5O3/c1-13-10-30(14(2)9-29(13)11-15-4-3-5-16(25)6-15)24(34)18-7-17-19(22(32)23(27)33)12-31(28)21(17)8-20(18)26/h3-8,12-14H,9-11,28H2,1-2H3,(H2,27,33)/t13-,14+/m0/s1. The first-order chi connectivity index (χ1) is 16.1. The third kappa shape index (κ3) is 4.49. The summed E-state index contributed by atoms with van der Waals surface area (Å²) in [7, 11) is 0. The van der Waals surface area contributed by atoms with Crippen molar-refractivity contribution in [1.82, 2.24) is 14.5 Å².